The van der Waals surface area contributed by atoms with Crippen LogP contribution < -0.4 is 10.6 Å². The summed E-state index contributed by atoms with van der Waals surface area (Å²) in [6.45, 7) is 3.80. The quantitative estimate of drug-likeness (QED) is 0.843. The van der Waals surface area contributed by atoms with Gasteiger partial charge in [-0.15, -0.1) is 0 Å². The third-order valence-corrected chi connectivity index (χ3v) is 3.97. The number of carbonyl (C=O) groups excluding carboxylic acids is 1. The average molecular weight is 294 g/mol. The van der Waals surface area contributed by atoms with Crippen LogP contribution in [0.15, 0.2) is 6.20 Å². The fraction of sp³-hybridized carbons (Fsp3) is 0.733. The first kappa shape index (κ1) is 15.8. The van der Waals surface area contributed by atoms with E-state index in [1.54, 1.807) is 7.11 Å². The van der Waals surface area contributed by atoms with Crippen molar-refractivity contribution in [2.24, 2.45) is 0 Å². The van der Waals surface area contributed by atoms with E-state index in [4.69, 9.17) is 4.74 Å². The molecule has 0 aliphatic heterocycles. The van der Waals surface area contributed by atoms with Gasteiger partial charge in [-0.2, -0.15) is 0 Å². The van der Waals surface area contributed by atoms with Crippen molar-refractivity contribution < 1.29 is 9.53 Å². The first-order chi connectivity index (χ1) is 10.2. The van der Waals surface area contributed by atoms with Crippen LogP contribution in [0.3, 0.4) is 0 Å². The van der Waals surface area contributed by atoms with Crippen LogP contribution in [0.4, 0.5) is 4.79 Å². The fourth-order valence-corrected chi connectivity index (χ4v) is 2.83. The molecule has 118 valence electrons. The maximum absolute atomic E-state index is 11.9. The van der Waals surface area contributed by atoms with E-state index >= 15 is 0 Å². The number of nitrogens with one attached hydrogen (secondary N) is 2. The summed E-state index contributed by atoms with van der Waals surface area (Å²) in [7, 11) is 1.66. The van der Waals surface area contributed by atoms with E-state index in [0.29, 0.717) is 25.7 Å². The molecule has 0 unspecified atom stereocenters. The Labute approximate surface area is 126 Å². The van der Waals surface area contributed by atoms with E-state index in [-0.39, 0.29) is 6.03 Å². The lowest BCUT2D eigenvalue weighted by Crippen LogP contribution is -2.43. The number of rotatable bonds is 6. The van der Waals surface area contributed by atoms with Gasteiger partial charge >= 0.3 is 6.03 Å². The summed E-state index contributed by atoms with van der Waals surface area (Å²) in [5.41, 5.74) is 1.08. The number of methoxy groups -OCH3 is 1. The molecule has 1 heterocycles. The van der Waals surface area contributed by atoms with Gasteiger partial charge in [0.05, 0.1) is 0 Å². The van der Waals surface area contributed by atoms with Crippen molar-refractivity contribution >= 4 is 6.03 Å². The highest BCUT2D eigenvalue weighted by Crippen LogP contribution is 2.17. The molecule has 1 saturated carbocycles. The van der Waals surface area contributed by atoms with Crippen LogP contribution in [-0.4, -0.2) is 35.3 Å². The second-order valence-corrected chi connectivity index (χ2v) is 5.64. The number of hydrogen-bond acceptors (Lipinski definition) is 3. The highest BCUT2D eigenvalue weighted by Gasteiger charge is 2.15. The minimum Gasteiger partial charge on any atom is -0.377 e. The normalized spacial score (nSPS) is 15.9. The molecular weight excluding hydrogens is 268 g/mol. The van der Waals surface area contributed by atoms with Crippen molar-refractivity contribution in [2.45, 2.75) is 58.2 Å². The molecule has 2 rings (SSSR count). The third-order valence-electron chi connectivity index (χ3n) is 3.97. The van der Waals surface area contributed by atoms with Crippen molar-refractivity contribution in [2.75, 3.05) is 13.7 Å². The van der Waals surface area contributed by atoms with Gasteiger partial charge in [-0.1, -0.05) is 19.3 Å². The van der Waals surface area contributed by atoms with Gasteiger partial charge in [0.1, 0.15) is 12.4 Å². The molecule has 1 aromatic rings. The molecule has 0 radical (unpaired) electrons. The predicted molar refractivity (Wildman–Crippen MR) is 81.1 cm³/mol. The minimum absolute atomic E-state index is 0.0621. The molecule has 21 heavy (non-hydrogen) atoms. The number of aryl methyl sites for hydroxylation is 1. The van der Waals surface area contributed by atoms with Crippen LogP contribution in [0.1, 0.15) is 43.6 Å². The summed E-state index contributed by atoms with van der Waals surface area (Å²) >= 11 is 0. The summed E-state index contributed by atoms with van der Waals surface area (Å²) in [5, 5.41) is 5.98. The Hall–Kier alpha value is -1.56. The second-order valence-electron chi connectivity index (χ2n) is 5.64. The van der Waals surface area contributed by atoms with Crippen LogP contribution in [0.25, 0.3) is 0 Å². The first-order valence-corrected chi connectivity index (χ1v) is 7.75. The molecule has 2 amide bonds. The van der Waals surface area contributed by atoms with Crippen LogP contribution in [0, 0.1) is 6.92 Å². The molecule has 0 spiro atoms. The Balaban J connectivity index is 1.73. The van der Waals surface area contributed by atoms with Gasteiger partial charge in [0, 0.05) is 38.1 Å². The topological polar surface area (TPSA) is 68.2 Å². The van der Waals surface area contributed by atoms with E-state index in [0.717, 1.165) is 24.4 Å². The first-order valence-electron chi connectivity index (χ1n) is 7.75. The summed E-state index contributed by atoms with van der Waals surface area (Å²) in [6, 6.07) is 0.283. The van der Waals surface area contributed by atoms with Gasteiger partial charge < -0.3 is 19.9 Å². The van der Waals surface area contributed by atoms with Gasteiger partial charge in [0.2, 0.25) is 0 Å². The van der Waals surface area contributed by atoms with Crippen LogP contribution >= 0.6 is 0 Å². The number of urea groups is 1. The number of hydrogen-bond donors (Lipinski definition) is 2. The number of ether oxygens (including phenoxy) is 1. The fourth-order valence-electron chi connectivity index (χ4n) is 2.83. The van der Waals surface area contributed by atoms with E-state index in [2.05, 4.69) is 20.2 Å². The van der Waals surface area contributed by atoms with Gasteiger partial charge in [-0.05, 0) is 19.8 Å². The molecule has 0 saturated heterocycles. The van der Waals surface area contributed by atoms with Crippen LogP contribution in [-0.2, 0) is 17.9 Å². The highest BCUT2D eigenvalue weighted by atomic mass is 16.5. The third kappa shape index (κ3) is 4.74. The lowest BCUT2D eigenvalue weighted by Gasteiger charge is -2.23. The maximum atomic E-state index is 11.9. The van der Waals surface area contributed by atoms with E-state index in [1.165, 1.54) is 19.3 Å². The zero-order chi connectivity index (χ0) is 15.1. The van der Waals surface area contributed by atoms with Gasteiger partial charge in [-0.3, -0.25) is 0 Å². The van der Waals surface area contributed by atoms with E-state index < -0.39 is 0 Å². The average Bonchev–Trinajstić information content (AvgIpc) is 2.82. The smallest absolute Gasteiger partial charge is 0.315 e. The number of nitrogens with zero attached hydrogens (tertiary/aromatic N) is 2. The van der Waals surface area contributed by atoms with Crippen LogP contribution in [0.2, 0.25) is 0 Å². The SMILES string of the molecule is COCc1ncc(C)n1CCNC(=O)NC1CCCCC1. The standard InChI is InChI=1S/C15H26N4O2/c1-12-10-17-14(11-21-2)19(12)9-8-16-15(20)18-13-6-4-3-5-7-13/h10,13H,3-9,11H2,1-2H3,(H2,16,18,20). The van der Waals surface area contributed by atoms with Crippen LogP contribution in [0.5, 0.6) is 0 Å². The number of imidazole rings is 1. The lowest BCUT2D eigenvalue weighted by molar-refractivity contribution is 0.174. The monoisotopic (exact) mass is 294 g/mol. The Morgan fingerprint density at radius 1 is 1.43 bits per heavy atom. The zero-order valence-corrected chi connectivity index (χ0v) is 13.0. The molecule has 0 bridgehead atoms. The number of aromatic nitrogens is 2. The second kappa shape index (κ2) is 8.02. The number of amides is 2. The Morgan fingerprint density at radius 2 is 2.19 bits per heavy atom. The Kier molecular flexibility index (Phi) is 6.04. The number of carbonyl (C=O) groups is 1. The lowest BCUT2D eigenvalue weighted by atomic mass is 9.96. The summed E-state index contributed by atoms with van der Waals surface area (Å²) in [6.07, 6.45) is 7.77. The van der Waals surface area contributed by atoms with Gasteiger partial charge in [0.25, 0.3) is 0 Å². The molecule has 0 atom stereocenters. The summed E-state index contributed by atoms with van der Waals surface area (Å²) < 4.78 is 7.20. The zero-order valence-electron chi connectivity index (χ0n) is 13.0. The molecule has 1 aromatic heterocycles. The highest BCUT2D eigenvalue weighted by molar-refractivity contribution is 5.74. The summed E-state index contributed by atoms with van der Waals surface area (Å²) in [4.78, 5) is 16.2. The van der Waals surface area contributed by atoms with E-state index in [9.17, 15) is 4.79 Å². The van der Waals surface area contributed by atoms with Gasteiger partial charge in [0.15, 0.2) is 0 Å². The Morgan fingerprint density at radius 3 is 2.90 bits per heavy atom. The minimum atomic E-state index is -0.0621. The molecule has 1 aliphatic rings. The molecule has 6 nitrogen and oxygen atoms in total. The van der Waals surface area contributed by atoms with Crippen molar-refractivity contribution in [3.63, 3.8) is 0 Å². The molecule has 6 heteroatoms. The van der Waals surface area contributed by atoms with Crippen molar-refractivity contribution in [1.82, 2.24) is 20.2 Å². The van der Waals surface area contributed by atoms with Gasteiger partial charge in [-0.25, -0.2) is 9.78 Å². The molecular formula is C15H26N4O2. The Bertz CT molecular complexity index is 453. The van der Waals surface area contributed by atoms with E-state index in [1.807, 2.05) is 13.1 Å². The molecule has 1 aliphatic carbocycles. The maximum Gasteiger partial charge on any atom is 0.315 e. The van der Waals surface area contributed by atoms with Crippen molar-refractivity contribution in [3.8, 4) is 0 Å². The predicted octanol–water partition coefficient (Wildman–Crippen LogP) is 1.97. The molecule has 1 fully saturated rings. The molecule has 2 N–H and O–H groups in total. The van der Waals surface area contributed by atoms with Crippen molar-refractivity contribution in [3.05, 3.63) is 17.7 Å². The largest absolute Gasteiger partial charge is 0.377 e. The summed E-state index contributed by atoms with van der Waals surface area (Å²) in [5.74, 6) is 0.893. The molecule has 0 aromatic carbocycles. The van der Waals surface area contributed by atoms with Crippen molar-refractivity contribution in [1.29, 1.82) is 0 Å².